The summed E-state index contributed by atoms with van der Waals surface area (Å²) < 4.78 is 54.6. The normalized spacial score (nSPS) is 29.4. The fourth-order valence-corrected chi connectivity index (χ4v) is 5.91. The van der Waals surface area contributed by atoms with Gasteiger partial charge in [-0.2, -0.15) is 8.42 Å². The van der Waals surface area contributed by atoms with E-state index in [1.165, 1.54) is 0 Å². The van der Waals surface area contributed by atoms with Gasteiger partial charge in [0.25, 0.3) is 10.1 Å². The third kappa shape index (κ3) is 8.17. The van der Waals surface area contributed by atoms with Gasteiger partial charge in [0.2, 0.25) is 17.3 Å². The molecule has 4 unspecified atom stereocenters. The molecular weight excluding hydrogens is 490 g/mol. The van der Waals surface area contributed by atoms with Gasteiger partial charge < -0.3 is 25.8 Å². The molecule has 1 heterocycles. The van der Waals surface area contributed by atoms with E-state index in [4.69, 9.17) is 7.48 Å². The molecule has 0 aromatic rings. The SMILES string of the molecule is [2H]C([2H])(OC(=O)N[C@@H](CC(C)C)C(=O)N[C@@H](C[C@H]1CCNC1=O)C(O)S(=O)(=O)O)C1CC2C=CCC(C2)C1. The molecule has 12 heteroatoms. The Bertz CT molecular complexity index is 1020. The van der Waals surface area contributed by atoms with Gasteiger partial charge in [-0.1, -0.05) is 26.0 Å². The zero-order chi connectivity index (χ0) is 28.3. The number of amides is 3. The molecule has 5 N–H and O–H groups in total. The second kappa shape index (κ2) is 12.4. The lowest BCUT2D eigenvalue weighted by molar-refractivity contribution is -0.126. The highest BCUT2D eigenvalue weighted by Crippen LogP contribution is 2.39. The Balaban J connectivity index is 1.68. The number of carbonyl (C=O) groups is 3. The molecule has 2 fully saturated rings. The number of alkyl carbamates (subject to hydrolysis) is 1. The largest absolute Gasteiger partial charge is 0.449 e. The maximum atomic E-state index is 13.1. The first-order valence-corrected chi connectivity index (χ1v) is 14.0. The van der Waals surface area contributed by atoms with Crippen molar-refractivity contribution in [2.75, 3.05) is 13.1 Å². The van der Waals surface area contributed by atoms with Crippen LogP contribution in [-0.4, -0.2) is 66.6 Å². The second-order valence-electron chi connectivity index (χ2n) is 10.6. The van der Waals surface area contributed by atoms with Crippen LogP contribution >= 0.6 is 0 Å². The Morgan fingerprint density at radius 1 is 1.28 bits per heavy atom. The molecule has 1 aliphatic heterocycles. The van der Waals surface area contributed by atoms with E-state index in [-0.39, 0.29) is 30.6 Å². The molecule has 7 atom stereocenters. The molecule has 1 saturated carbocycles. The van der Waals surface area contributed by atoms with E-state index >= 15 is 0 Å². The molecule has 204 valence electrons. The molecule has 3 aliphatic rings. The molecule has 36 heavy (non-hydrogen) atoms. The third-order valence-electron chi connectivity index (χ3n) is 7.03. The topological polar surface area (TPSA) is 171 Å². The summed E-state index contributed by atoms with van der Waals surface area (Å²) in [4.78, 5) is 37.9. The fraction of sp³-hybridized carbons (Fsp3) is 0.792. The van der Waals surface area contributed by atoms with Gasteiger partial charge in [0.05, 0.1) is 15.3 Å². The summed E-state index contributed by atoms with van der Waals surface area (Å²) in [6, 6.07) is -2.78. The average molecular weight is 532 g/mol. The van der Waals surface area contributed by atoms with Crippen molar-refractivity contribution in [1.82, 2.24) is 16.0 Å². The summed E-state index contributed by atoms with van der Waals surface area (Å²) >= 11 is 0. The number of hydrogen-bond acceptors (Lipinski definition) is 7. The molecular formula is C24H39N3O8S. The first-order chi connectivity index (χ1) is 17.7. The van der Waals surface area contributed by atoms with Crippen molar-refractivity contribution in [3.05, 3.63) is 12.2 Å². The van der Waals surface area contributed by atoms with E-state index in [2.05, 4.69) is 28.1 Å². The lowest BCUT2D eigenvalue weighted by Gasteiger charge is -2.35. The maximum Gasteiger partial charge on any atom is 0.407 e. The Morgan fingerprint density at radius 2 is 2.03 bits per heavy atom. The van der Waals surface area contributed by atoms with E-state index in [9.17, 15) is 32.5 Å². The van der Waals surface area contributed by atoms with Crippen molar-refractivity contribution in [2.45, 2.75) is 76.3 Å². The molecule has 3 rings (SSSR count). The summed E-state index contributed by atoms with van der Waals surface area (Å²) in [5.74, 6) is -1.95. The van der Waals surface area contributed by atoms with Crippen LogP contribution in [0.3, 0.4) is 0 Å². The van der Waals surface area contributed by atoms with Gasteiger partial charge in [0.1, 0.15) is 6.04 Å². The fourth-order valence-electron chi connectivity index (χ4n) is 5.32. The van der Waals surface area contributed by atoms with Crippen LogP contribution in [-0.2, 0) is 24.4 Å². The van der Waals surface area contributed by atoms with Crippen molar-refractivity contribution in [3.8, 4) is 0 Å². The van der Waals surface area contributed by atoms with Gasteiger partial charge in [-0.05, 0) is 68.6 Å². The van der Waals surface area contributed by atoms with Crippen molar-refractivity contribution < 1.29 is 39.9 Å². The molecule has 0 aromatic carbocycles. The number of aliphatic hydroxyl groups is 1. The Hall–Kier alpha value is -2.18. The predicted octanol–water partition coefficient (Wildman–Crippen LogP) is 1.34. The zero-order valence-electron chi connectivity index (χ0n) is 22.7. The van der Waals surface area contributed by atoms with Gasteiger partial charge in [0.15, 0.2) is 0 Å². The number of aliphatic hydroxyl groups excluding tert-OH is 1. The lowest BCUT2D eigenvalue weighted by atomic mass is 9.71. The summed E-state index contributed by atoms with van der Waals surface area (Å²) in [5.41, 5.74) is -2.39. The maximum absolute atomic E-state index is 13.1. The van der Waals surface area contributed by atoms with E-state index in [1.54, 1.807) is 13.8 Å². The van der Waals surface area contributed by atoms with E-state index in [1.807, 2.05) is 0 Å². The minimum absolute atomic E-state index is 0.0981. The number of carbonyl (C=O) groups excluding carboxylic acids is 3. The molecule has 0 aromatic heterocycles. The smallest absolute Gasteiger partial charge is 0.407 e. The number of hydrogen-bond donors (Lipinski definition) is 5. The summed E-state index contributed by atoms with van der Waals surface area (Å²) in [7, 11) is -4.98. The lowest BCUT2D eigenvalue weighted by Crippen LogP contribution is -2.55. The molecule has 1 saturated heterocycles. The molecule has 3 amide bonds. The van der Waals surface area contributed by atoms with Gasteiger partial charge in [0, 0.05) is 12.5 Å². The number of ether oxygens (including phenoxy) is 1. The molecule has 0 spiro atoms. The first-order valence-electron chi connectivity index (χ1n) is 13.5. The quantitative estimate of drug-likeness (QED) is 0.196. The van der Waals surface area contributed by atoms with E-state index in [0.717, 1.165) is 12.8 Å². The van der Waals surface area contributed by atoms with Crippen LogP contribution in [0.4, 0.5) is 4.79 Å². The van der Waals surface area contributed by atoms with Gasteiger partial charge in [-0.3, -0.25) is 14.1 Å². The Kier molecular flexibility index (Phi) is 8.75. The third-order valence-corrected chi connectivity index (χ3v) is 7.97. The van der Waals surface area contributed by atoms with Crippen LogP contribution in [0.25, 0.3) is 0 Å². The highest BCUT2D eigenvalue weighted by atomic mass is 32.2. The van der Waals surface area contributed by atoms with Crippen molar-refractivity contribution >= 4 is 28.0 Å². The van der Waals surface area contributed by atoms with Crippen LogP contribution in [0.1, 0.15) is 61.5 Å². The monoisotopic (exact) mass is 531 g/mol. The van der Waals surface area contributed by atoms with Crippen LogP contribution < -0.4 is 16.0 Å². The van der Waals surface area contributed by atoms with Crippen LogP contribution in [0, 0.1) is 29.6 Å². The molecule has 2 aliphatic carbocycles. The summed E-state index contributed by atoms with van der Waals surface area (Å²) in [6.07, 6.45) is 6.25. The van der Waals surface area contributed by atoms with Gasteiger partial charge in [-0.15, -0.1) is 0 Å². The Labute approximate surface area is 215 Å². The van der Waals surface area contributed by atoms with Crippen molar-refractivity contribution in [3.63, 3.8) is 0 Å². The average Bonchev–Trinajstić information content (AvgIpc) is 3.20. The second-order valence-corrected chi connectivity index (χ2v) is 12.1. The molecule has 11 nitrogen and oxygen atoms in total. The van der Waals surface area contributed by atoms with E-state index < -0.39 is 58.0 Å². The standard InChI is InChI=1S/C24H39N3O8S/c1-14(2)8-19(27-24(31)35-13-17-10-15-4-3-5-16(9-15)11-17)22(29)26-20(23(30)36(32,33)34)12-18-6-7-25-21(18)28/h3-4,14-20,23,30H,5-13H2,1-2H3,(H,25,28)(H,26,29)(H,27,31)(H,32,33,34)/t15?,16?,17?,18-,19+,20+,23?/m1/s1/i13D2. The van der Waals surface area contributed by atoms with Crippen LogP contribution in [0.15, 0.2) is 12.2 Å². The molecule has 0 radical (unpaired) electrons. The van der Waals surface area contributed by atoms with Gasteiger partial charge in [-0.25, -0.2) is 4.79 Å². The minimum atomic E-state index is -4.98. The summed E-state index contributed by atoms with van der Waals surface area (Å²) in [6.45, 7) is 1.67. The van der Waals surface area contributed by atoms with Crippen LogP contribution in [0.2, 0.25) is 0 Å². The predicted molar refractivity (Wildman–Crippen MR) is 131 cm³/mol. The summed E-state index contributed by atoms with van der Waals surface area (Å²) in [5, 5.41) is 17.5. The number of nitrogens with one attached hydrogen (secondary N) is 3. The zero-order valence-corrected chi connectivity index (χ0v) is 21.5. The van der Waals surface area contributed by atoms with Crippen molar-refractivity contribution in [1.29, 1.82) is 0 Å². The first kappa shape index (κ1) is 25.5. The minimum Gasteiger partial charge on any atom is -0.449 e. The number of rotatable bonds is 11. The molecule has 2 bridgehead atoms. The highest BCUT2D eigenvalue weighted by molar-refractivity contribution is 7.86. The van der Waals surface area contributed by atoms with E-state index in [0.29, 0.717) is 31.7 Å². The van der Waals surface area contributed by atoms with Gasteiger partial charge >= 0.3 is 6.09 Å². The highest BCUT2D eigenvalue weighted by Gasteiger charge is 2.38. The number of fused-ring (bicyclic) bond motifs is 2. The van der Waals surface area contributed by atoms with Crippen molar-refractivity contribution in [2.24, 2.45) is 29.6 Å². The number of allylic oxidation sites excluding steroid dienone is 2. The Morgan fingerprint density at radius 3 is 2.64 bits per heavy atom. The van der Waals surface area contributed by atoms with Crippen LogP contribution in [0.5, 0.6) is 0 Å².